The molecule has 0 spiro atoms. The van der Waals surface area contributed by atoms with Crippen molar-refractivity contribution in [1.82, 2.24) is 15.2 Å². The number of aryl methyl sites for hydroxylation is 1. The van der Waals surface area contributed by atoms with Gasteiger partial charge in [-0.15, -0.1) is 0 Å². The minimum atomic E-state index is -0.396. The molecule has 1 aromatic rings. The van der Waals surface area contributed by atoms with E-state index >= 15 is 0 Å². The Bertz CT molecular complexity index is 609. The Morgan fingerprint density at radius 1 is 1.22 bits per heavy atom. The molecule has 6 nitrogen and oxygen atoms in total. The number of nitrogens with zero attached hydrogens (tertiary/aromatic N) is 1. The second-order valence-electron chi connectivity index (χ2n) is 6.44. The summed E-state index contributed by atoms with van der Waals surface area (Å²) in [6, 6.07) is 0.567. The summed E-state index contributed by atoms with van der Waals surface area (Å²) in [6.45, 7) is 7.58. The first-order valence-corrected chi connectivity index (χ1v) is 8.44. The first-order valence-electron chi connectivity index (χ1n) is 8.44. The van der Waals surface area contributed by atoms with Crippen LogP contribution in [0, 0.1) is 13.8 Å². The van der Waals surface area contributed by atoms with E-state index in [1.165, 1.54) is 0 Å². The molecule has 2 atom stereocenters. The zero-order valence-corrected chi connectivity index (χ0v) is 14.1. The Kier molecular flexibility index (Phi) is 4.43. The van der Waals surface area contributed by atoms with Crippen LogP contribution in [-0.4, -0.2) is 53.5 Å². The van der Waals surface area contributed by atoms with Crippen molar-refractivity contribution < 1.29 is 14.3 Å². The van der Waals surface area contributed by atoms with E-state index < -0.39 is 5.97 Å². The maximum atomic E-state index is 13.2. The molecule has 0 aliphatic carbocycles. The highest BCUT2D eigenvalue weighted by molar-refractivity contribution is 6.01. The van der Waals surface area contributed by atoms with Crippen LogP contribution in [0.3, 0.4) is 0 Å². The summed E-state index contributed by atoms with van der Waals surface area (Å²) >= 11 is 0. The predicted octanol–water partition coefficient (Wildman–Crippen LogP) is 1.77. The number of esters is 1. The van der Waals surface area contributed by atoms with Crippen LogP contribution in [0.1, 0.15) is 58.3 Å². The smallest absolute Gasteiger partial charge is 0.355 e. The van der Waals surface area contributed by atoms with Crippen molar-refractivity contribution in [2.24, 2.45) is 0 Å². The Morgan fingerprint density at radius 2 is 1.96 bits per heavy atom. The van der Waals surface area contributed by atoms with Crippen LogP contribution in [0.15, 0.2) is 0 Å². The lowest BCUT2D eigenvalue weighted by Crippen LogP contribution is -2.42. The lowest BCUT2D eigenvalue weighted by atomic mass is 10.1. The molecule has 0 unspecified atom stereocenters. The molecular formula is C17H25N3O3. The monoisotopic (exact) mass is 319 g/mol. The highest BCUT2D eigenvalue weighted by atomic mass is 16.5. The van der Waals surface area contributed by atoms with Crippen LogP contribution >= 0.6 is 0 Å². The molecule has 0 radical (unpaired) electrons. The van der Waals surface area contributed by atoms with E-state index in [-0.39, 0.29) is 11.9 Å². The van der Waals surface area contributed by atoms with Gasteiger partial charge >= 0.3 is 5.97 Å². The zero-order chi connectivity index (χ0) is 16.6. The summed E-state index contributed by atoms with van der Waals surface area (Å²) in [5, 5.41) is 3.41. The fourth-order valence-electron chi connectivity index (χ4n) is 3.92. The molecular weight excluding hydrogens is 294 g/mol. The quantitative estimate of drug-likeness (QED) is 0.833. The first-order chi connectivity index (χ1) is 11.0. The molecule has 1 aromatic heterocycles. The van der Waals surface area contributed by atoms with Gasteiger partial charge in [-0.2, -0.15) is 0 Å². The molecule has 2 aliphatic heterocycles. The standard InChI is InChI=1S/C17H25N3O3/c1-4-23-17(22)15-10(2)14(11(3)19-15)16(21)20-12-5-6-13(20)9-18-8-7-12/h12-13,18-19H,4-9H2,1-3H3/t12-,13+/m1/s1. The van der Waals surface area contributed by atoms with Crippen LogP contribution in [0.5, 0.6) is 0 Å². The van der Waals surface area contributed by atoms with E-state index in [1.807, 2.05) is 18.7 Å². The van der Waals surface area contributed by atoms with Gasteiger partial charge in [0.25, 0.3) is 5.91 Å². The Morgan fingerprint density at radius 3 is 2.70 bits per heavy atom. The van der Waals surface area contributed by atoms with Crippen molar-refractivity contribution in [2.45, 2.75) is 52.1 Å². The number of carbonyl (C=O) groups is 2. The molecule has 23 heavy (non-hydrogen) atoms. The van der Waals surface area contributed by atoms with Crippen LogP contribution in [0.25, 0.3) is 0 Å². The van der Waals surface area contributed by atoms with Crippen molar-refractivity contribution in [3.8, 4) is 0 Å². The maximum Gasteiger partial charge on any atom is 0.355 e. The van der Waals surface area contributed by atoms with Crippen LogP contribution in [0.2, 0.25) is 0 Å². The number of aromatic nitrogens is 1. The van der Waals surface area contributed by atoms with Crippen molar-refractivity contribution in [3.63, 3.8) is 0 Å². The summed E-state index contributed by atoms with van der Waals surface area (Å²) in [7, 11) is 0. The number of rotatable bonds is 3. The van der Waals surface area contributed by atoms with Crippen LogP contribution in [-0.2, 0) is 4.74 Å². The van der Waals surface area contributed by atoms with Crippen LogP contribution < -0.4 is 5.32 Å². The third-order valence-electron chi connectivity index (χ3n) is 5.02. The van der Waals surface area contributed by atoms with Crippen molar-refractivity contribution in [3.05, 3.63) is 22.5 Å². The fraction of sp³-hybridized carbons (Fsp3) is 0.647. The minimum Gasteiger partial charge on any atom is -0.461 e. The van der Waals surface area contributed by atoms with Gasteiger partial charge in [-0.25, -0.2) is 4.79 Å². The van der Waals surface area contributed by atoms with E-state index in [4.69, 9.17) is 4.74 Å². The van der Waals surface area contributed by atoms with Crippen molar-refractivity contribution in [1.29, 1.82) is 0 Å². The number of hydrogen-bond acceptors (Lipinski definition) is 4. The molecule has 2 bridgehead atoms. The molecule has 6 heteroatoms. The molecule has 2 fully saturated rings. The van der Waals surface area contributed by atoms with E-state index in [0.29, 0.717) is 29.5 Å². The Labute approximate surface area is 136 Å². The molecule has 126 valence electrons. The molecule has 0 aromatic carbocycles. The number of H-pyrrole nitrogens is 1. The lowest BCUT2D eigenvalue weighted by molar-refractivity contribution is 0.0519. The molecule has 3 rings (SSSR count). The van der Waals surface area contributed by atoms with E-state index in [1.54, 1.807) is 6.92 Å². The normalized spacial score (nSPS) is 23.7. The SMILES string of the molecule is CCOC(=O)c1[nH]c(C)c(C(=O)N2[C@H]3CCNC[C@@H]2CC3)c1C. The highest BCUT2D eigenvalue weighted by Crippen LogP contribution is 2.31. The average molecular weight is 319 g/mol. The van der Waals surface area contributed by atoms with Gasteiger partial charge in [0.15, 0.2) is 0 Å². The van der Waals surface area contributed by atoms with Gasteiger partial charge in [-0.3, -0.25) is 4.79 Å². The highest BCUT2D eigenvalue weighted by Gasteiger charge is 2.40. The number of nitrogens with one attached hydrogen (secondary N) is 2. The van der Waals surface area contributed by atoms with Gasteiger partial charge in [0.05, 0.1) is 12.2 Å². The van der Waals surface area contributed by atoms with E-state index in [0.717, 1.165) is 38.0 Å². The number of hydrogen-bond donors (Lipinski definition) is 2. The second-order valence-corrected chi connectivity index (χ2v) is 6.44. The number of aromatic amines is 1. The Hall–Kier alpha value is -1.82. The number of carbonyl (C=O) groups excluding carboxylic acids is 2. The summed E-state index contributed by atoms with van der Waals surface area (Å²) in [4.78, 5) is 30.3. The van der Waals surface area contributed by atoms with Gasteiger partial charge in [0.2, 0.25) is 0 Å². The number of fused-ring (bicyclic) bond motifs is 2. The largest absolute Gasteiger partial charge is 0.461 e. The average Bonchev–Trinajstić information content (AvgIpc) is 2.94. The lowest BCUT2D eigenvalue weighted by Gasteiger charge is -2.28. The summed E-state index contributed by atoms with van der Waals surface area (Å²) in [5.74, 6) is -0.351. The van der Waals surface area contributed by atoms with Gasteiger partial charge in [0.1, 0.15) is 5.69 Å². The van der Waals surface area contributed by atoms with Crippen molar-refractivity contribution in [2.75, 3.05) is 19.7 Å². The molecule has 2 aliphatic rings. The third-order valence-corrected chi connectivity index (χ3v) is 5.02. The Balaban J connectivity index is 1.92. The van der Waals surface area contributed by atoms with E-state index in [9.17, 15) is 9.59 Å². The minimum absolute atomic E-state index is 0.0444. The number of ether oxygens (including phenoxy) is 1. The molecule has 3 heterocycles. The molecule has 1 amide bonds. The molecule has 0 saturated carbocycles. The maximum absolute atomic E-state index is 13.2. The molecule has 2 N–H and O–H groups in total. The topological polar surface area (TPSA) is 74.4 Å². The number of amides is 1. The van der Waals surface area contributed by atoms with Gasteiger partial charge < -0.3 is 19.9 Å². The first kappa shape index (κ1) is 16.1. The third kappa shape index (κ3) is 2.76. The summed E-state index contributed by atoms with van der Waals surface area (Å²) < 4.78 is 5.07. The van der Waals surface area contributed by atoms with Crippen molar-refractivity contribution >= 4 is 11.9 Å². The predicted molar refractivity (Wildman–Crippen MR) is 86.7 cm³/mol. The van der Waals surface area contributed by atoms with Gasteiger partial charge in [0, 0.05) is 24.3 Å². The summed E-state index contributed by atoms with van der Waals surface area (Å²) in [6.07, 6.45) is 3.12. The molecule has 2 saturated heterocycles. The van der Waals surface area contributed by atoms with Gasteiger partial charge in [-0.05, 0) is 52.1 Å². The van der Waals surface area contributed by atoms with Crippen LogP contribution in [0.4, 0.5) is 0 Å². The van der Waals surface area contributed by atoms with Gasteiger partial charge in [-0.1, -0.05) is 0 Å². The fourth-order valence-corrected chi connectivity index (χ4v) is 3.92. The summed E-state index contributed by atoms with van der Waals surface area (Å²) in [5.41, 5.74) is 2.47. The zero-order valence-electron chi connectivity index (χ0n) is 14.1. The van der Waals surface area contributed by atoms with E-state index in [2.05, 4.69) is 10.3 Å². The second kappa shape index (κ2) is 6.35.